The second-order valence-corrected chi connectivity index (χ2v) is 6.88. The lowest BCUT2D eigenvalue weighted by atomic mass is 10.1. The van der Waals surface area contributed by atoms with Gasteiger partial charge in [-0.1, -0.05) is 6.07 Å². The Morgan fingerprint density at radius 3 is 2.95 bits per heavy atom. The lowest BCUT2D eigenvalue weighted by Crippen LogP contribution is -2.18. The molecule has 0 spiro atoms. The standard InChI is InChI=1S/C15H17N3O2S/c19-21(20,10-7-13-3-1-2-8-16-13)18-14-4-5-15-12(11-14)6-9-17-15/h1-5,8,11,17-18H,6-7,9-10H2. The molecule has 5 nitrogen and oxygen atoms in total. The number of aromatic nitrogens is 1. The fourth-order valence-corrected chi connectivity index (χ4v) is 3.45. The molecule has 1 aromatic heterocycles. The highest BCUT2D eigenvalue weighted by Gasteiger charge is 2.14. The van der Waals surface area contributed by atoms with Gasteiger partial charge in [-0.2, -0.15) is 0 Å². The average molecular weight is 303 g/mol. The lowest BCUT2D eigenvalue weighted by Gasteiger charge is -2.09. The van der Waals surface area contributed by atoms with Gasteiger partial charge in [-0.05, 0) is 42.3 Å². The van der Waals surface area contributed by atoms with Gasteiger partial charge < -0.3 is 5.32 Å². The maximum atomic E-state index is 12.1. The number of aryl methyl sites for hydroxylation is 1. The Hall–Kier alpha value is -2.08. The van der Waals surface area contributed by atoms with E-state index < -0.39 is 10.0 Å². The Morgan fingerprint density at radius 2 is 2.14 bits per heavy atom. The largest absolute Gasteiger partial charge is 0.384 e. The van der Waals surface area contributed by atoms with Crippen molar-refractivity contribution in [3.8, 4) is 0 Å². The Bertz CT molecular complexity index is 730. The number of hydrogen-bond acceptors (Lipinski definition) is 4. The van der Waals surface area contributed by atoms with Crippen LogP contribution in [0.25, 0.3) is 0 Å². The second-order valence-electron chi connectivity index (χ2n) is 5.04. The third kappa shape index (κ3) is 3.52. The van der Waals surface area contributed by atoms with E-state index in [1.807, 2.05) is 30.3 Å². The topological polar surface area (TPSA) is 71.1 Å². The molecule has 0 fully saturated rings. The molecule has 0 radical (unpaired) electrons. The molecule has 0 bridgehead atoms. The lowest BCUT2D eigenvalue weighted by molar-refractivity contribution is 0.600. The van der Waals surface area contributed by atoms with Gasteiger partial charge in [-0.15, -0.1) is 0 Å². The van der Waals surface area contributed by atoms with E-state index in [0.29, 0.717) is 12.1 Å². The van der Waals surface area contributed by atoms with Gasteiger partial charge in [0.1, 0.15) is 0 Å². The summed E-state index contributed by atoms with van der Waals surface area (Å²) < 4.78 is 26.9. The maximum absolute atomic E-state index is 12.1. The van der Waals surface area contributed by atoms with E-state index >= 15 is 0 Å². The average Bonchev–Trinajstić information content (AvgIpc) is 2.93. The predicted molar refractivity (Wildman–Crippen MR) is 84.0 cm³/mol. The number of hydrogen-bond donors (Lipinski definition) is 2. The molecule has 1 aliphatic rings. The number of fused-ring (bicyclic) bond motifs is 1. The van der Waals surface area contributed by atoms with Gasteiger partial charge in [0.25, 0.3) is 0 Å². The first-order chi connectivity index (χ1) is 10.1. The molecule has 2 heterocycles. The number of rotatable bonds is 5. The zero-order valence-electron chi connectivity index (χ0n) is 11.5. The highest BCUT2D eigenvalue weighted by molar-refractivity contribution is 7.92. The van der Waals surface area contributed by atoms with E-state index in [-0.39, 0.29) is 5.75 Å². The van der Waals surface area contributed by atoms with Crippen molar-refractivity contribution in [2.75, 3.05) is 22.3 Å². The van der Waals surface area contributed by atoms with Gasteiger partial charge in [-0.25, -0.2) is 8.42 Å². The van der Waals surface area contributed by atoms with Crippen LogP contribution < -0.4 is 10.0 Å². The van der Waals surface area contributed by atoms with Crippen molar-refractivity contribution < 1.29 is 8.42 Å². The number of nitrogens with zero attached hydrogens (tertiary/aromatic N) is 1. The van der Waals surface area contributed by atoms with Gasteiger partial charge in [0.05, 0.1) is 5.75 Å². The van der Waals surface area contributed by atoms with E-state index in [4.69, 9.17) is 0 Å². The Labute approximate surface area is 124 Å². The summed E-state index contributed by atoms with van der Waals surface area (Å²) in [5.41, 5.74) is 3.64. The fourth-order valence-electron chi connectivity index (χ4n) is 2.38. The Kier molecular flexibility index (Phi) is 3.79. The van der Waals surface area contributed by atoms with Gasteiger partial charge >= 0.3 is 0 Å². The maximum Gasteiger partial charge on any atom is 0.233 e. The molecule has 0 unspecified atom stereocenters. The number of nitrogens with one attached hydrogen (secondary N) is 2. The third-order valence-corrected chi connectivity index (χ3v) is 4.73. The first-order valence-corrected chi connectivity index (χ1v) is 8.55. The van der Waals surface area contributed by atoms with Crippen LogP contribution in [0.3, 0.4) is 0 Å². The Morgan fingerprint density at radius 1 is 1.24 bits per heavy atom. The fraction of sp³-hybridized carbons (Fsp3) is 0.267. The van der Waals surface area contributed by atoms with Gasteiger partial charge in [-0.3, -0.25) is 9.71 Å². The third-order valence-electron chi connectivity index (χ3n) is 3.44. The van der Waals surface area contributed by atoms with Crippen LogP contribution in [-0.2, 0) is 22.9 Å². The smallest absolute Gasteiger partial charge is 0.233 e. The molecule has 6 heteroatoms. The van der Waals surface area contributed by atoms with Gasteiger partial charge in [0, 0.05) is 36.2 Å². The number of sulfonamides is 1. The molecule has 1 aliphatic heterocycles. The van der Waals surface area contributed by atoms with Crippen molar-refractivity contribution in [3.63, 3.8) is 0 Å². The highest BCUT2D eigenvalue weighted by Crippen LogP contribution is 2.25. The SMILES string of the molecule is O=S(=O)(CCc1ccccn1)Nc1ccc2c(c1)CCN2. The van der Waals surface area contributed by atoms with Crippen LogP contribution in [-0.4, -0.2) is 25.7 Å². The van der Waals surface area contributed by atoms with Crippen LogP contribution in [0.1, 0.15) is 11.3 Å². The van der Waals surface area contributed by atoms with Crippen LogP contribution in [0.15, 0.2) is 42.6 Å². The first kappa shape index (κ1) is 13.9. The summed E-state index contributed by atoms with van der Waals surface area (Å²) in [5.74, 6) is 0.0271. The molecule has 2 aromatic rings. The molecule has 2 N–H and O–H groups in total. The minimum atomic E-state index is -3.36. The van der Waals surface area contributed by atoms with Crippen molar-refractivity contribution in [3.05, 3.63) is 53.9 Å². The van der Waals surface area contributed by atoms with Crippen LogP contribution in [0, 0.1) is 0 Å². The van der Waals surface area contributed by atoms with Crippen LogP contribution in [0.4, 0.5) is 11.4 Å². The minimum Gasteiger partial charge on any atom is -0.384 e. The van der Waals surface area contributed by atoms with Crippen LogP contribution in [0.2, 0.25) is 0 Å². The summed E-state index contributed by atoms with van der Waals surface area (Å²) in [6, 6.07) is 11.1. The van der Waals surface area contributed by atoms with Crippen LogP contribution in [0.5, 0.6) is 0 Å². The quantitative estimate of drug-likeness (QED) is 0.886. The van der Waals surface area contributed by atoms with E-state index in [9.17, 15) is 8.42 Å². The molecule has 0 aliphatic carbocycles. The van der Waals surface area contributed by atoms with Crippen molar-refractivity contribution in [1.29, 1.82) is 0 Å². The molecular formula is C15H17N3O2S. The second kappa shape index (κ2) is 5.73. The minimum absolute atomic E-state index is 0.0271. The number of benzene rings is 1. The first-order valence-electron chi connectivity index (χ1n) is 6.90. The van der Waals surface area contributed by atoms with E-state index in [2.05, 4.69) is 15.0 Å². The van der Waals surface area contributed by atoms with Crippen molar-refractivity contribution in [2.45, 2.75) is 12.8 Å². The summed E-state index contributed by atoms with van der Waals surface area (Å²) in [5, 5.41) is 3.25. The number of pyridine rings is 1. The zero-order chi connectivity index (χ0) is 14.7. The molecule has 0 saturated heterocycles. The molecule has 3 rings (SSSR count). The van der Waals surface area contributed by atoms with Crippen molar-refractivity contribution >= 4 is 21.4 Å². The normalized spacial score (nSPS) is 13.5. The molecule has 1 aromatic carbocycles. The highest BCUT2D eigenvalue weighted by atomic mass is 32.2. The summed E-state index contributed by atoms with van der Waals surface area (Å²) in [4.78, 5) is 4.14. The summed E-state index contributed by atoms with van der Waals surface area (Å²) in [6.45, 7) is 0.908. The van der Waals surface area contributed by atoms with Crippen LogP contribution >= 0.6 is 0 Å². The molecule has 21 heavy (non-hydrogen) atoms. The molecule has 0 saturated carbocycles. The summed E-state index contributed by atoms with van der Waals surface area (Å²) in [7, 11) is -3.36. The molecule has 0 amide bonds. The van der Waals surface area contributed by atoms with E-state index in [1.54, 1.807) is 12.3 Å². The summed E-state index contributed by atoms with van der Waals surface area (Å²) >= 11 is 0. The monoisotopic (exact) mass is 303 g/mol. The Balaban J connectivity index is 1.66. The van der Waals surface area contributed by atoms with Crippen molar-refractivity contribution in [2.24, 2.45) is 0 Å². The zero-order valence-corrected chi connectivity index (χ0v) is 12.4. The predicted octanol–water partition coefficient (Wildman–Crippen LogP) is 2.03. The molecule has 110 valence electrons. The summed E-state index contributed by atoms with van der Waals surface area (Å²) in [6.07, 6.45) is 3.00. The van der Waals surface area contributed by atoms with E-state index in [0.717, 1.165) is 29.9 Å². The van der Waals surface area contributed by atoms with Crippen molar-refractivity contribution in [1.82, 2.24) is 4.98 Å². The van der Waals surface area contributed by atoms with Gasteiger partial charge in [0.15, 0.2) is 0 Å². The molecular weight excluding hydrogens is 286 g/mol. The van der Waals surface area contributed by atoms with Gasteiger partial charge in [0.2, 0.25) is 10.0 Å². The van der Waals surface area contributed by atoms with E-state index in [1.165, 1.54) is 0 Å². The molecule has 0 atom stereocenters. The number of anilines is 2.